The highest BCUT2D eigenvalue weighted by Gasteiger charge is 2.16. The smallest absolute Gasteiger partial charge is 0.243 e. The van der Waals surface area contributed by atoms with E-state index in [4.69, 9.17) is 0 Å². The van der Waals surface area contributed by atoms with E-state index in [0.29, 0.717) is 5.69 Å². The normalized spacial score (nSPS) is 15.1. The number of hydrogen-bond acceptors (Lipinski definition) is 4. The average molecular weight is 226 g/mol. The first kappa shape index (κ1) is 9.97. The monoisotopic (exact) mass is 226 g/mol. The summed E-state index contributed by atoms with van der Waals surface area (Å²) in [6.07, 6.45) is 1.13. The lowest BCUT2D eigenvalue weighted by molar-refractivity contribution is -0.114. The molecule has 80 valence electrons. The van der Waals surface area contributed by atoms with Crippen LogP contribution < -0.4 is 10.6 Å². The zero-order valence-corrected chi connectivity index (χ0v) is 8.89. The third-order valence-corrected chi connectivity index (χ3v) is 3.24. The fourth-order valence-electron chi connectivity index (χ4n) is 1.38. The van der Waals surface area contributed by atoms with Crippen molar-refractivity contribution in [2.75, 3.05) is 23.4 Å². The molecule has 15 heavy (non-hydrogen) atoms. The Bertz CT molecular complexity index is 522. The molecule has 1 aromatic rings. The first-order valence-corrected chi connectivity index (χ1v) is 6.24. The van der Waals surface area contributed by atoms with Gasteiger partial charge in [-0.2, -0.15) is 0 Å². The van der Waals surface area contributed by atoms with Crippen LogP contribution in [0.5, 0.6) is 0 Å². The van der Waals surface area contributed by atoms with Crippen LogP contribution in [0.25, 0.3) is 0 Å². The maximum atomic E-state index is 11.3. The number of rotatable bonds is 1. The van der Waals surface area contributed by atoms with Crippen molar-refractivity contribution in [3.05, 3.63) is 18.2 Å². The van der Waals surface area contributed by atoms with E-state index in [9.17, 15) is 13.2 Å². The van der Waals surface area contributed by atoms with Crippen molar-refractivity contribution in [3.63, 3.8) is 0 Å². The van der Waals surface area contributed by atoms with Crippen LogP contribution in [-0.4, -0.2) is 27.1 Å². The van der Waals surface area contributed by atoms with Crippen LogP contribution >= 0.6 is 0 Å². The zero-order chi connectivity index (χ0) is 11.1. The second-order valence-corrected chi connectivity index (χ2v) is 5.40. The van der Waals surface area contributed by atoms with Crippen LogP contribution in [0.4, 0.5) is 11.4 Å². The summed E-state index contributed by atoms with van der Waals surface area (Å²) in [6.45, 7) is 0.214. The maximum Gasteiger partial charge on any atom is 0.243 e. The van der Waals surface area contributed by atoms with E-state index in [1.54, 1.807) is 6.07 Å². The summed E-state index contributed by atoms with van der Waals surface area (Å²) < 4.78 is 22.5. The molecule has 1 heterocycles. The highest BCUT2D eigenvalue weighted by atomic mass is 32.2. The minimum Gasteiger partial charge on any atom is -0.374 e. The molecule has 0 atom stereocenters. The summed E-state index contributed by atoms with van der Waals surface area (Å²) in [5.74, 6) is -0.173. The fraction of sp³-hybridized carbons (Fsp3) is 0.222. The van der Waals surface area contributed by atoms with Gasteiger partial charge in [-0.15, -0.1) is 0 Å². The fourth-order valence-corrected chi connectivity index (χ4v) is 2.03. The van der Waals surface area contributed by atoms with Gasteiger partial charge in [-0.05, 0) is 18.2 Å². The Hall–Kier alpha value is -1.56. The minimum absolute atomic E-state index is 0.173. The number of sulfone groups is 1. The van der Waals surface area contributed by atoms with Gasteiger partial charge < -0.3 is 10.6 Å². The van der Waals surface area contributed by atoms with Crippen LogP contribution in [-0.2, 0) is 14.6 Å². The third-order valence-electron chi connectivity index (χ3n) is 2.13. The van der Waals surface area contributed by atoms with Crippen LogP contribution in [0, 0.1) is 0 Å². The SMILES string of the molecule is CS(=O)(=O)c1ccc2c(c1)NC(=O)CN2. The molecular weight excluding hydrogens is 216 g/mol. The van der Waals surface area contributed by atoms with Crippen molar-refractivity contribution in [3.8, 4) is 0 Å². The Morgan fingerprint density at radius 2 is 2.00 bits per heavy atom. The van der Waals surface area contributed by atoms with Gasteiger partial charge in [-0.25, -0.2) is 8.42 Å². The summed E-state index contributed by atoms with van der Waals surface area (Å²) >= 11 is 0. The highest BCUT2D eigenvalue weighted by molar-refractivity contribution is 7.90. The first-order valence-electron chi connectivity index (χ1n) is 4.34. The molecular formula is C9H10N2O3S. The van der Waals surface area contributed by atoms with Gasteiger partial charge in [0, 0.05) is 6.26 Å². The molecule has 2 rings (SSSR count). The van der Waals surface area contributed by atoms with Gasteiger partial charge >= 0.3 is 0 Å². The van der Waals surface area contributed by atoms with Gasteiger partial charge in [0.2, 0.25) is 5.91 Å². The summed E-state index contributed by atoms with van der Waals surface area (Å²) in [5, 5.41) is 5.49. The van der Waals surface area contributed by atoms with E-state index >= 15 is 0 Å². The molecule has 1 aromatic carbocycles. The average Bonchev–Trinajstić information content (AvgIpc) is 2.15. The lowest BCUT2D eigenvalue weighted by Crippen LogP contribution is -2.27. The Kier molecular flexibility index (Phi) is 2.15. The molecule has 0 radical (unpaired) electrons. The molecule has 0 saturated carbocycles. The Morgan fingerprint density at radius 3 is 2.67 bits per heavy atom. The number of carbonyl (C=O) groups excluding carboxylic acids is 1. The molecule has 0 aromatic heterocycles. The van der Waals surface area contributed by atoms with E-state index < -0.39 is 9.84 Å². The van der Waals surface area contributed by atoms with E-state index in [-0.39, 0.29) is 17.3 Å². The lowest BCUT2D eigenvalue weighted by atomic mass is 10.2. The van der Waals surface area contributed by atoms with Crippen molar-refractivity contribution in [1.29, 1.82) is 0 Å². The number of hydrogen-bond donors (Lipinski definition) is 2. The van der Waals surface area contributed by atoms with Crippen LogP contribution in [0.1, 0.15) is 0 Å². The molecule has 2 N–H and O–H groups in total. The quantitative estimate of drug-likeness (QED) is 0.729. The maximum absolute atomic E-state index is 11.3. The predicted octanol–water partition coefficient (Wildman–Crippen LogP) is 0.454. The molecule has 0 saturated heterocycles. The topological polar surface area (TPSA) is 75.3 Å². The molecule has 0 unspecified atom stereocenters. The first-order chi connectivity index (χ1) is 6.97. The lowest BCUT2D eigenvalue weighted by Gasteiger charge is -2.18. The molecule has 5 nitrogen and oxygen atoms in total. The predicted molar refractivity (Wildman–Crippen MR) is 56.7 cm³/mol. The number of benzene rings is 1. The van der Waals surface area contributed by atoms with Gasteiger partial charge in [0.25, 0.3) is 0 Å². The number of carbonyl (C=O) groups is 1. The van der Waals surface area contributed by atoms with Crippen molar-refractivity contribution >= 4 is 27.1 Å². The number of nitrogens with one attached hydrogen (secondary N) is 2. The highest BCUT2D eigenvalue weighted by Crippen LogP contribution is 2.27. The summed E-state index contributed by atoms with van der Waals surface area (Å²) in [4.78, 5) is 11.3. The summed E-state index contributed by atoms with van der Waals surface area (Å²) in [5.41, 5.74) is 1.25. The largest absolute Gasteiger partial charge is 0.374 e. The van der Waals surface area contributed by atoms with E-state index in [0.717, 1.165) is 11.9 Å². The van der Waals surface area contributed by atoms with Gasteiger partial charge in [-0.3, -0.25) is 4.79 Å². The number of anilines is 2. The van der Waals surface area contributed by atoms with E-state index in [1.807, 2.05) is 0 Å². The Labute approximate surface area is 87.4 Å². The second kappa shape index (κ2) is 3.23. The number of fused-ring (bicyclic) bond motifs is 1. The molecule has 6 heteroatoms. The molecule has 1 aliphatic rings. The standard InChI is InChI=1S/C9H10N2O3S/c1-15(13,14)6-2-3-7-8(4-6)11-9(12)5-10-7/h2-4,10H,5H2,1H3,(H,11,12). The van der Waals surface area contributed by atoms with Crippen molar-refractivity contribution < 1.29 is 13.2 Å². The van der Waals surface area contributed by atoms with Crippen molar-refractivity contribution in [2.24, 2.45) is 0 Å². The zero-order valence-electron chi connectivity index (χ0n) is 8.07. The van der Waals surface area contributed by atoms with Crippen molar-refractivity contribution in [1.82, 2.24) is 0 Å². The van der Waals surface area contributed by atoms with Crippen LogP contribution in [0.3, 0.4) is 0 Å². The van der Waals surface area contributed by atoms with Crippen molar-refractivity contribution in [2.45, 2.75) is 4.90 Å². The van der Waals surface area contributed by atoms with Crippen LogP contribution in [0.15, 0.2) is 23.1 Å². The van der Waals surface area contributed by atoms with Gasteiger partial charge in [0.15, 0.2) is 9.84 Å². The summed E-state index contributed by atoms with van der Waals surface area (Å²) in [6, 6.07) is 4.61. The molecule has 0 bridgehead atoms. The van der Waals surface area contributed by atoms with Crippen LogP contribution in [0.2, 0.25) is 0 Å². The molecule has 0 aliphatic carbocycles. The molecule has 1 aliphatic heterocycles. The Balaban J connectivity index is 2.50. The number of amides is 1. The van der Waals surface area contributed by atoms with Gasteiger partial charge in [-0.1, -0.05) is 0 Å². The Morgan fingerprint density at radius 1 is 1.27 bits per heavy atom. The summed E-state index contributed by atoms with van der Waals surface area (Å²) in [7, 11) is -3.23. The minimum atomic E-state index is -3.23. The van der Waals surface area contributed by atoms with Gasteiger partial charge in [0.05, 0.1) is 22.8 Å². The molecule has 0 spiro atoms. The molecule has 0 fully saturated rings. The van der Waals surface area contributed by atoms with Gasteiger partial charge in [0.1, 0.15) is 0 Å². The third kappa shape index (κ3) is 1.94. The molecule has 1 amide bonds. The van der Waals surface area contributed by atoms with E-state index in [1.165, 1.54) is 12.1 Å². The second-order valence-electron chi connectivity index (χ2n) is 3.38. The van der Waals surface area contributed by atoms with E-state index in [2.05, 4.69) is 10.6 Å².